The number of carbonyl (C=O) groups excluding carboxylic acids is 1. The Morgan fingerprint density at radius 3 is 2.67 bits per heavy atom. The lowest BCUT2D eigenvalue weighted by atomic mass is 10.4. The second-order valence-corrected chi connectivity index (χ2v) is 2.62. The van der Waals surface area contributed by atoms with Crippen LogP contribution in [0.15, 0.2) is 30.3 Å². The summed E-state index contributed by atoms with van der Waals surface area (Å²) >= 11 is 4.97. The molecule has 3 N–H and O–H groups in total. The molecule has 4 heteroatoms. The minimum absolute atomic E-state index is 0.558. The Morgan fingerprint density at radius 2 is 2.00 bits per heavy atom. The summed E-state index contributed by atoms with van der Waals surface area (Å²) in [4.78, 5) is 10.5. The van der Waals surface area contributed by atoms with E-state index in [1.165, 1.54) is 0 Å². The molecule has 0 atom stereocenters. The van der Waals surface area contributed by atoms with Gasteiger partial charge in [0.15, 0.2) is 0 Å². The predicted molar refractivity (Wildman–Crippen MR) is 50.5 cm³/mol. The molecule has 0 spiro atoms. The fourth-order valence-corrected chi connectivity index (χ4v) is 0.964. The maximum absolute atomic E-state index is 10.5. The average Bonchev–Trinajstić information content (AvgIpc) is 2.16. The van der Waals surface area contributed by atoms with Crippen molar-refractivity contribution in [1.82, 2.24) is 0 Å². The molecule has 0 saturated carbocycles. The van der Waals surface area contributed by atoms with Crippen molar-refractivity contribution in [3.8, 4) is 0 Å². The Kier molecular flexibility index (Phi) is 2.76. The first-order valence-corrected chi connectivity index (χ1v) is 3.77. The van der Waals surface area contributed by atoms with Crippen molar-refractivity contribution in [2.75, 3.05) is 5.32 Å². The van der Waals surface area contributed by atoms with Crippen molar-refractivity contribution in [2.24, 2.45) is 5.73 Å². The third kappa shape index (κ3) is 2.32. The topological polar surface area (TPSA) is 55.1 Å². The molecule has 12 heavy (non-hydrogen) atoms. The minimum atomic E-state index is -0.604. The third-order valence-electron chi connectivity index (χ3n) is 1.26. The van der Waals surface area contributed by atoms with Crippen LogP contribution < -0.4 is 11.1 Å². The zero-order valence-electron chi connectivity index (χ0n) is 6.28. The number of urea groups is 1. The van der Waals surface area contributed by atoms with Crippen molar-refractivity contribution in [3.63, 3.8) is 0 Å². The number of carbonyl (C=O) groups is 1. The number of nitrogens with one attached hydrogen (secondary N) is 1. The fourth-order valence-electron chi connectivity index (χ4n) is 0.767. The van der Waals surface area contributed by atoms with E-state index in [-0.39, 0.29) is 0 Å². The van der Waals surface area contributed by atoms with Gasteiger partial charge in [0.1, 0.15) is 0 Å². The molecule has 1 rings (SSSR count). The molecule has 0 aliphatic rings. The van der Waals surface area contributed by atoms with Gasteiger partial charge in [0.2, 0.25) is 0 Å². The molecule has 0 aliphatic carbocycles. The summed E-state index contributed by atoms with van der Waals surface area (Å²) in [5.74, 6) is 0. The molecule has 0 aliphatic heterocycles. The first-order valence-electron chi connectivity index (χ1n) is 3.36. The second kappa shape index (κ2) is 3.82. The first kappa shape index (κ1) is 8.67. The zero-order chi connectivity index (χ0) is 8.97. The van der Waals surface area contributed by atoms with Gasteiger partial charge in [-0.05, 0) is 12.1 Å². The molecule has 0 bridgehead atoms. The molecule has 0 radical (unpaired) electrons. The van der Waals surface area contributed by atoms with Gasteiger partial charge in [-0.15, -0.1) is 0 Å². The van der Waals surface area contributed by atoms with Crippen LogP contribution in [-0.4, -0.2) is 6.03 Å². The molecule has 0 heterocycles. The molecule has 0 aromatic heterocycles. The third-order valence-corrected chi connectivity index (χ3v) is 1.61. The van der Waals surface area contributed by atoms with Crippen molar-refractivity contribution < 1.29 is 4.79 Å². The molecule has 0 saturated heterocycles. The molecule has 62 valence electrons. The lowest BCUT2D eigenvalue weighted by Crippen LogP contribution is -2.19. The largest absolute Gasteiger partial charge is 0.351 e. The van der Waals surface area contributed by atoms with E-state index in [0.29, 0.717) is 10.2 Å². The van der Waals surface area contributed by atoms with Crippen LogP contribution in [0.4, 0.5) is 10.5 Å². The van der Waals surface area contributed by atoms with Gasteiger partial charge >= 0.3 is 6.03 Å². The van der Waals surface area contributed by atoms with Crippen LogP contribution in [0, 0.1) is 4.51 Å². The van der Waals surface area contributed by atoms with E-state index in [1.807, 2.05) is 6.07 Å². The molecule has 1 aromatic carbocycles. The number of anilines is 1. The van der Waals surface area contributed by atoms with E-state index in [2.05, 4.69) is 5.32 Å². The number of hydrogen-bond acceptors (Lipinski definition) is 2. The highest BCUT2D eigenvalue weighted by Crippen LogP contribution is 2.06. The van der Waals surface area contributed by atoms with Gasteiger partial charge < -0.3 is 11.1 Å². The number of amides is 2. The van der Waals surface area contributed by atoms with E-state index in [1.54, 1.807) is 24.3 Å². The molecular weight excluding hydrogens is 172 g/mol. The fraction of sp³-hybridized carbons (Fsp3) is 0. The van der Waals surface area contributed by atoms with E-state index >= 15 is 0 Å². The summed E-state index contributed by atoms with van der Waals surface area (Å²) in [7, 11) is 0. The van der Waals surface area contributed by atoms with Crippen molar-refractivity contribution in [3.05, 3.63) is 34.8 Å². The van der Waals surface area contributed by atoms with Gasteiger partial charge in [0, 0.05) is 0 Å². The smallest absolute Gasteiger partial charge is 0.316 e. The van der Waals surface area contributed by atoms with Crippen molar-refractivity contribution in [2.45, 2.75) is 0 Å². The SMILES string of the molecule is NC(=O)Nc1cccccc1=S. The lowest BCUT2D eigenvalue weighted by molar-refractivity contribution is 0.259. The highest BCUT2D eigenvalue weighted by Gasteiger charge is 1.94. The molecule has 0 fully saturated rings. The summed E-state index contributed by atoms with van der Waals surface area (Å²) < 4.78 is 0.568. The highest BCUT2D eigenvalue weighted by molar-refractivity contribution is 7.71. The summed E-state index contributed by atoms with van der Waals surface area (Å²) in [5.41, 5.74) is 5.50. The number of rotatable bonds is 1. The molecular formula is C8H8N2OS. The Balaban J connectivity index is 3.09. The van der Waals surface area contributed by atoms with Crippen LogP contribution in [0.3, 0.4) is 0 Å². The quantitative estimate of drug-likeness (QED) is 0.648. The molecule has 0 unspecified atom stereocenters. The van der Waals surface area contributed by atoms with Crippen molar-refractivity contribution >= 4 is 23.9 Å². The van der Waals surface area contributed by atoms with Crippen LogP contribution in [0.2, 0.25) is 0 Å². The minimum Gasteiger partial charge on any atom is -0.351 e. The molecule has 3 nitrogen and oxygen atoms in total. The van der Waals surface area contributed by atoms with Crippen molar-refractivity contribution in [1.29, 1.82) is 0 Å². The number of primary amides is 1. The Hall–Kier alpha value is -1.42. The van der Waals surface area contributed by atoms with Crippen LogP contribution in [0.5, 0.6) is 0 Å². The Labute approximate surface area is 75.2 Å². The summed E-state index contributed by atoms with van der Waals surface area (Å²) in [6.45, 7) is 0. The molecule has 1 aromatic rings. The summed E-state index contributed by atoms with van der Waals surface area (Å²) in [6.07, 6.45) is 0. The standard InChI is InChI=1S/C8H8N2OS/c9-8(11)10-6-4-2-1-3-5-7(6)12/h1-5H,(H3,9,10,11,12). The average molecular weight is 180 g/mol. The maximum Gasteiger partial charge on any atom is 0.316 e. The van der Waals surface area contributed by atoms with Crippen LogP contribution >= 0.6 is 12.2 Å². The van der Waals surface area contributed by atoms with E-state index in [9.17, 15) is 4.79 Å². The van der Waals surface area contributed by atoms with Crippen LogP contribution in [0.1, 0.15) is 0 Å². The van der Waals surface area contributed by atoms with E-state index in [0.717, 1.165) is 0 Å². The summed E-state index contributed by atoms with van der Waals surface area (Å²) in [6, 6.07) is 8.22. The second-order valence-electron chi connectivity index (χ2n) is 2.18. The van der Waals surface area contributed by atoms with Crippen LogP contribution in [-0.2, 0) is 0 Å². The van der Waals surface area contributed by atoms with E-state index in [4.69, 9.17) is 18.0 Å². The van der Waals surface area contributed by atoms with Gasteiger partial charge in [-0.1, -0.05) is 30.4 Å². The Bertz CT molecular complexity index is 351. The maximum atomic E-state index is 10.5. The highest BCUT2D eigenvalue weighted by atomic mass is 32.1. The van der Waals surface area contributed by atoms with E-state index < -0.39 is 6.03 Å². The normalized spacial score (nSPS) is 9.00. The number of hydrogen-bond donors (Lipinski definition) is 2. The predicted octanol–water partition coefficient (Wildman–Crippen LogP) is 1.91. The van der Waals surface area contributed by atoms with Gasteiger partial charge in [0.05, 0.1) is 10.2 Å². The monoisotopic (exact) mass is 180 g/mol. The van der Waals surface area contributed by atoms with Gasteiger partial charge in [-0.3, -0.25) is 0 Å². The summed E-state index contributed by atoms with van der Waals surface area (Å²) in [5, 5.41) is 2.43. The van der Waals surface area contributed by atoms with Gasteiger partial charge in [-0.25, -0.2) is 4.79 Å². The first-order chi connectivity index (χ1) is 5.70. The molecule has 2 amide bonds. The van der Waals surface area contributed by atoms with Gasteiger partial charge in [-0.2, -0.15) is 0 Å². The van der Waals surface area contributed by atoms with Crippen LogP contribution in [0.25, 0.3) is 0 Å². The number of nitrogens with two attached hydrogens (primary N) is 1. The Morgan fingerprint density at radius 1 is 1.33 bits per heavy atom. The van der Waals surface area contributed by atoms with Gasteiger partial charge in [0.25, 0.3) is 0 Å². The zero-order valence-corrected chi connectivity index (χ0v) is 7.10. The lowest BCUT2D eigenvalue weighted by Gasteiger charge is -1.96.